The maximum atomic E-state index is 14.0. The highest BCUT2D eigenvalue weighted by Crippen LogP contribution is 2.21. The van der Waals surface area contributed by atoms with E-state index in [0.717, 1.165) is 18.5 Å². The van der Waals surface area contributed by atoms with Gasteiger partial charge in [-0.2, -0.15) is 4.98 Å². The first-order valence-electron chi connectivity index (χ1n) is 9.53. The lowest BCUT2D eigenvalue weighted by Crippen LogP contribution is -2.44. The predicted octanol–water partition coefficient (Wildman–Crippen LogP) is 3.49. The summed E-state index contributed by atoms with van der Waals surface area (Å²) in [5.41, 5.74) is 0.785. The van der Waals surface area contributed by atoms with Crippen molar-refractivity contribution in [3.8, 4) is 11.4 Å². The van der Waals surface area contributed by atoms with Crippen LogP contribution >= 0.6 is 35.6 Å². The van der Waals surface area contributed by atoms with E-state index in [2.05, 4.69) is 30.8 Å². The second-order valence-electron chi connectivity index (χ2n) is 6.83. The first-order valence-corrected chi connectivity index (χ1v) is 9.91. The minimum Gasteiger partial charge on any atom is -0.352 e. The number of benzene rings is 1. The van der Waals surface area contributed by atoms with Gasteiger partial charge >= 0.3 is 0 Å². The number of pyridine rings is 1. The average Bonchev–Trinajstić information content (AvgIpc) is 3.41. The zero-order valence-electron chi connectivity index (χ0n) is 16.8. The Morgan fingerprint density at radius 1 is 1.35 bits per heavy atom. The van der Waals surface area contributed by atoms with Crippen LogP contribution in [0.25, 0.3) is 11.4 Å². The van der Waals surface area contributed by atoms with Gasteiger partial charge in [0.05, 0.1) is 6.54 Å². The van der Waals surface area contributed by atoms with Gasteiger partial charge in [-0.05, 0) is 30.7 Å². The van der Waals surface area contributed by atoms with Crippen molar-refractivity contribution in [3.63, 3.8) is 0 Å². The second kappa shape index (κ2) is 10.7. The molecule has 2 N–H and O–H groups in total. The SMILES string of the molecule is CN=C(NCc1nc(-c2cccc(Cl)c2)no1)NC1CCN(c2ncccc2F)C1.I. The third kappa shape index (κ3) is 5.82. The minimum absolute atomic E-state index is 0. The first kappa shape index (κ1) is 23.2. The fraction of sp³-hybridized carbons (Fsp3) is 0.300. The zero-order valence-corrected chi connectivity index (χ0v) is 19.8. The van der Waals surface area contributed by atoms with Crippen molar-refractivity contribution in [1.82, 2.24) is 25.8 Å². The third-order valence-corrected chi connectivity index (χ3v) is 4.98. The molecule has 164 valence electrons. The Balaban J connectivity index is 0.00000272. The van der Waals surface area contributed by atoms with Gasteiger partial charge in [-0.3, -0.25) is 4.99 Å². The van der Waals surface area contributed by atoms with Crippen molar-refractivity contribution in [2.45, 2.75) is 19.0 Å². The van der Waals surface area contributed by atoms with Crippen LogP contribution in [0, 0.1) is 5.82 Å². The highest BCUT2D eigenvalue weighted by atomic mass is 127. The number of hydrogen-bond donors (Lipinski definition) is 2. The maximum absolute atomic E-state index is 14.0. The molecular formula is C20H22ClFIN7O. The summed E-state index contributed by atoms with van der Waals surface area (Å²) in [4.78, 5) is 14.7. The molecule has 1 aliphatic rings. The van der Waals surface area contributed by atoms with Gasteiger partial charge < -0.3 is 20.1 Å². The molecule has 1 saturated heterocycles. The minimum atomic E-state index is -0.312. The number of halogens is 3. The lowest BCUT2D eigenvalue weighted by atomic mass is 10.2. The number of anilines is 1. The van der Waals surface area contributed by atoms with Crippen LogP contribution in [0.3, 0.4) is 0 Å². The number of nitrogens with one attached hydrogen (secondary N) is 2. The number of nitrogens with zero attached hydrogens (tertiary/aromatic N) is 5. The molecule has 2 aromatic heterocycles. The molecule has 0 spiro atoms. The summed E-state index contributed by atoms with van der Waals surface area (Å²) in [5.74, 6) is 1.57. The molecule has 1 fully saturated rings. The molecule has 3 heterocycles. The lowest BCUT2D eigenvalue weighted by molar-refractivity contribution is 0.375. The van der Waals surface area contributed by atoms with Gasteiger partial charge in [-0.15, -0.1) is 24.0 Å². The van der Waals surface area contributed by atoms with E-state index < -0.39 is 0 Å². The number of aliphatic imine (C=N–C) groups is 1. The number of guanidine groups is 1. The highest BCUT2D eigenvalue weighted by Gasteiger charge is 2.26. The van der Waals surface area contributed by atoms with E-state index in [4.69, 9.17) is 16.1 Å². The molecular weight excluding hydrogens is 536 g/mol. The highest BCUT2D eigenvalue weighted by molar-refractivity contribution is 14.0. The van der Waals surface area contributed by atoms with Crippen molar-refractivity contribution >= 4 is 47.4 Å². The normalized spacial score (nSPS) is 16.2. The molecule has 1 unspecified atom stereocenters. The Bertz CT molecular complexity index is 1050. The van der Waals surface area contributed by atoms with Crippen molar-refractivity contribution in [1.29, 1.82) is 0 Å². The summed E-state index contributed by atoms with van der Waals surface area (Å²) >= 11 is 6.01. The Kier molecular flexibility index (Phi) is 8.02. The first-order chi connectivity index (χ1) is 14.6. The Morgan fingerprint density at radius 3 is 3.00 bits per heavy atom. The Hall–Kier alpha value is -2.47. The summed E-state index contributed by atoms with van der Waals surface area (Å²) in [5, 5.41) is 11.1. The summed E-state index contributed by atoms with van der Waals surface area (Å²) in [6.07, 6.45) is 2.44. The van der Waals surface area contributed by atoms with Gasteiger partial charge in [-0.1, -0.05) is 28.9 Å². The van der Waals surface area contributed by atoms with Crippen LogP contribution in [-0.4, -0.2) is 47.3 Å². The molecule has 0 aliphatic carbocycles. The van der Waals surface area contributed by atoms with Gasteiger partial charge in [0, 0.05) is 43.0 Å². The van der Waals surface area contributed by atoms with Gasteiger partial charge in [0.25, 0.3) is 0 Å². The van der Waals surface area contributed by atoms with Gasteiger partial charge in [0.1, 0.15) is 0 Å². The smallest absolute Gasteiger partial charge is 0.246 e. The molecule has 1 aromatic carbocycles. The van der Waals surface area contributed by atoms with E-state index in [1.54, 1.807) is 31.4 Å². The van der Waals surface area contributed by atoms with Crippen LogP contribution in [0.5, 0.6) is 0 Å². The van der Waals surface area contributed by atoms with E-state index in [9.17, 15) is 4.39 Å². The molecule has 11 heteroatoms. The molecule has 0 radical (unpaired) electrons. The molecule has 8 nitrogen and oxygen atoms in total. The third-order valence-electron chi connectivity index (χ3n) is 4.75. The van der Waals surface area contributed by atoms with Crippen LogP contribution in [0.2, 0.25) is 5.02 Å². The van der Waals surface area contributed by atoms with E-state index in [1.807, 2.05) is 17.0 Å². The van der Waals surface area contributed by atoms with Crippen LogP contribution in [0.1, 0.15) is 12.3 Å². The second-order valence-corrected chi connectivity index (χ2v) is 7.27. The van der Waals surface area contributed by atoms with Gasteiger partial charge in [-0.25, -0.2) is 9.37 Å². The molecule has 1 atom stereocenters. The van der Waals surface area contributed by atoms with Crippen molar-refractivity contribution in [3.05, 3.63) is 59.3 Å². The summed E-state index contributed by atoms with van der Waals surface area (Å²) in [6, 6.07) is 10.4. The standard InChI is InChI=1S/C20H21ClFN7O.HI/c1-23-20(26-15-7-9-29(12-15)19-16(22)6-3-8-24-19)25-11-17-27-18(28-30-17)13-4-2-5-14(21)10-13;/h2-6,8,10,15H,7,9,11-12H2,1H3,(H2,23,25,26);1H. The number of aromatic nitrogens is 3. The molecule has 31 heavy (non-hydrogen) atoms. The van der Waals surface area contributed by atoms with Crippen LogP contribution in [0.15, 0.2) is 52.1 Å². The fourth-order valence-corrected chi connectivity index (χ4v) is 3.49. The van der Waals surface area contributed by atoms with E-state index >= 15 is 0 Å². The zero-order chi connectivity index (χ0) is 20.9. The monoisotopic (exact) mass is 557 g/mol. The summed E-state index contributed by atoms with van der Waals surface area (Å²) in [6.45, 7) is 1.67. The average molecular weight is 558 g/mol. The van der Waals surface area contributed by atoms with Crippen LogP contribution in [0.4, 0.5) is 10.2 Å². The number of rotatable bonds is 5. The molecule has 0 bridgehead atoms. The van der Waals surface area contributed by atoms with E-state index in [-0.39, 0.29) is 35.8 Å². The summed E-state index contributed by atoms with van der Waals surface area (Å²) in [7, 11) is 1.69. The summed E-state index contributed by atoms with van der Waals surface area (Å²) < 4.78 is 19.3. The van der Waals surface area contributed by atoms with Crippen molar-refractivity contribution in [2.24, 2.45) is 4.99 Å². The van der Waals surface area contributed by atoms with Crippen molar-refractivity contribution < 1.29 is 8.91 Å². The number of hydrogen-bond acceptors (Lipinski definition) is 6. The molecule has 0 amide bonds. The van der Waals surface area contributed by atoms with Crippen LogP contribution in [-0.2, 0) is 6.54 Å². The molecule has 3 aromatic rings. The quantitative estimate of drug-likeness (QED) is 0.282. The molecule has 1 aliphatic heterocycles. The van der Waals surface area contributed by atoms with E-state index in [0.29, 0.717) is 41.6 Å². The Morgan fingerprint density at radius 2 is 2.23 bits per heavy atom. The molecule has 4 rings (SSSR count). The van der Waals surface area contributed by atoms with Gasteiger partial charge in [0.2, 0.25) is 11.7 Å². The topological polar surface area (TPSA) is 91.5 Å². The largest absolute Gasteiger partial charge is 0.352 e. The predicted molar refractivity (Wildman–Crippen MR) is 128 cm³/mol. The molecule has 0 saturated carbocycles. The van der Waals surface area contributed by atoms with Crippen LogP contribution < -0.4 is 15.5 Å². The van der Waals surface area contributed by atoms with E-state index in [1.165, 1.54) is 6.07 Å². The Labute approximate surface area is 201 Å². The maximum Gasteiger partial charge on any atom is 0.246 e. The lowest BCUT2D eigenvalue weighted by Gasteiger charge is -2.19. The fourth-order valence-electron chi connectivity index (χ4n) is 3.30. The van der Waals surface area contributed by atoms with Gasteiger partial charge in [0.15, 0.2) is 17.6 Å². The van der Waals surface area contributed by atoms with Crippen molar-refractivity contribution in [2.75, 3.05) is 25.0 Å².